The van der Waals surface area contributed by atoms with Crippen molar-refractivity contribution in [3.05, 3.63) is 12.7 Å². The summed E-state index contributed by atoms with van der Waals surface area (Å²) >= 11 is 3.44. The van der Waals surface area contributed by atoms with Gasteiger partial charge in [0.05, 0.1) is 6.04 Å². The number of nitrogens with two attached hydrogens (primary N) is 1. The molecule has 0 fully saturated rings. The lowest BCUT2D eigenvalue weighted by molar-refractivity contribution is -0.111. The van der Waals surface area contributed by atoms with Gasteiger partial charge in [-0.3, -0.25) is 4.79 Å². The van der Waals surface area contributed by atoms with Crippen LogP contribution in [0.3, 0.4) is 0 Å². The summed E-state index contributed by atoms with van der Waals surface area (Å²) in [6.45, 7) is 3.29. The summed E-state index contributed by atoms with van der Waals surface area (Å²) in [6.07, 6.45) is 1.34. The molecular weight excluding hydrogens is 110 g/mol. The summed E-state index contributed by atoms with van der Waals surface area (Å²) in [4.78, 5) is 10.0. The molecule has 3 heteroatoms. The molecule has 0 aromatic carbocycles. The van der Waals surface area contributed by atoms with Crippen LogP contribution in [0.1, 0.15) is 0 Å². The molecule has 0 spiro atoms. The molecule has 0 bridgehead atoms. The zero-order chi connectivity index (χ0) is 5.86. The third-order valence-electron chi connectivity index (χ3n) is 0.539. The number of hydrogen-bond donors (Lipinski definition) is 2. The van der Waals surface area contributed by atoms with Gasteiger partial charge in [-0.05, 0) is 0 Å². The Kier molecular flexibility index (Phi) is 2.71. The van der Waals surface area contributed by atoms with Crippen molar-refractivity contribution in [2.24, 2.45) is 5.73 Å². The summed E-state index contributed by atoms with van der Waals surface area (Å²) in [7, 11) is 0. The Morgan fingerprint density at radius 1 is 2.00 bits per heavy atom. The van der Waals surface area contributed by atoms with Crippen molar-refractivity contribution in [2.75, 3.05) is 0 Å². The second-order valence-corrected chi connectivity index (χ2v) is 1.54. The highest BCUT2D eigenvalue weighted by atomic mass is 32.1. The van der Waals surface area contributed by atoms with Gasteiger partial charge < -0.3 is 5.73 Å². The molecule has 0 aromatic rings. The number of thiol groups is 1. The fourth-order valence-corrected chi connectivity index (χ4v) is 0.206. The van der Waals surface area contributed by atoms with E-state index < -0.39 is 6.04 Å². The molecule has 2 nitrogen and oxygen atoms in total. The van der Waals surface area contributed by atoms with Gasteiger partial charge in [0.15, 0.2) is 0 Å². The summed E-state index contributed by atoms with van der Waals surface area (Å²) in [6, 6.07) is -0.608. The van der Waals surface area contributed by atoms with E-state index in [0.717, 1.165) is 0 Å². The summed E-state index contributed by atoms with van der Waals surface area (Å²) < 4.78 is 0. The number of carbonyl (C=O) groups is 1. The highest BCUT2D eigenvalue weighted by molar-refractivity contribution is 7.96. The van der Waals surface area contributed by atoms with Crippen molar-refractivity contribution in [1.29, 1.82) is 0 Å². The van der Waals surface area contributed by atoms with Gasteiger partial charge in [-0.1, -0.05) is 6.08 Å². The van der Waals surface area contributed by atoms with Gasteiger partial charge in [0.25, 0.3) is 0 Å². The van der Waals surface area contributed by atoms with Crippen molar-refractivity contribution in [1.82, 2.24) is 0 Å². The third kappa shape index (κ3) is 2.42. The van der Waals surface area contributed by atoms with Crippen LogP contribution >= 0.6 is 12.6 Å². The molecule has 7 heavy (non-hydrogen) atoms. The van der Waals surface area contributed by atoms with Gasteiger partial charge in [-0.25, -0.2) is 0 Å². The first-order valence-corrected chi connectivity index (χ1v) is 2.24. The first kappa shape index (κ1) is 6.72. The Morgan fingerprint density at radius 2 is 2.43 bits per heavy atom. The van der Waals surface area contributed by atoms with Gasteiger partial charge in [0.1, 0.15) is 0 Å². The lowest BCUT2D eigenvalue weighted by Gasteiger charge is -1.93. The van der Waals surface area contributed by atoms with Crippen LogP contribution in [0.4, 0.5) is 0 Å². The van der Waals surface area contributed by atoms with E-state index in [0.29, 0.717) is 0 Å². The van der Waals surface area contributed by atoms with E-state index in [1.165, 1.54) is 6.08 Å². The zero-order valence-electron chi connectivity index (χ0n) is 3.79. The Balaban J connectivity index is 3.55. The van der Waals surface area contributed by atoms with Gasteiger partial charge in [-0.2, -0.15) is 0 Å². The standard InChI is InChI=1S/C4H7NOS/c1-2-3(5)4(6)7/h2-3H,1,5H2,(H,6,7). The minimum Gasteiger partial charge on any atom is -0.318 e. The molecule has 0 heterocycles. The Bertz CT molecular complexity index is 91.7. The van der Waals surface area contributed by atoms with Gasteiger partial charge >= 0.3 is 0 Å². The molecule has 40 valence electrons. The van der Waals surface area contributed by atoms with E-state index in [1.54, 1.807) is 0 Å². The topological polar surface area (TPSA) is 43.1 Å². The highest BCUT2D eigenvalue weighted by Gasteiger charge is 1.99. The van der Waals surface area contributed by atoms with E-state index in [4.69, 9.17) is 5.73 Å². The van der Waals surface area contributed by atoms with Crippen LogP contribution in [0.5, 0.6) is 0 Å². The molecule has 0 rings (SSSR count). The van der Waals surface area contributed by atoms with Crippen molar-refractivity contribution in [3.8, 4) is 0 Å². The number of hydrogen-bond acceptors (Lipinski definition) is 2. The van der Waals surface area contributed by atoms with Crippen LogP contribution in [0.15, 0.2) is 12.7 Å². The van der Waals surface area contributed by atoms with Gasteiger partial charge in [0, 0.05) is 0 Å². The van der Waals surface area contributed by atoms with Crippen LogP contribution in [0.25, 0.3) is 0 Å². The average molecular weight is 117 g/mol. The molecule has 0 aliphatic carbocycles. The molecule has 1 unspecified atom stereocenters. The van der Waals surface area contributed by atoms with E-state index in [-0.39, 0.29) is 5.12 Å². The first-order chi connectivity index (χ1) is 3.18. The SMILES string of the molecule is C=CC(N)C(=O)S. The number of carbonyl (C=O) groups excluding carboxylic acids is 1. The van der Waals surface area contributed by atoms with Crippen molar-refractivity contribution in [2.45, 2.75) is 6.04 Å². The largest absolute Gasteiger partial charge is 0.318 e. The van der Waals surface area contributed by atoms with E-state index in [9.17, 15) is 4.79 Å². The van der Waals surface area contributed by atoms with Crippen LogP contribution < -0.4 is 5.73 Å². The lowest BCUT2D eigenvalue weighted by atomic mass is 10.3. The van der Waals surface area contributed by atoms with Crippen LogP contribution in [-0.2, 0) is 4.79 Å². The minimum absolute atomic E-state index is 0.352. The summed E-state index contributed by atoms with van der Waals surface area (Å²) in [5, 5.41) is -0.352. The van der Waals surface area contributed by atoms with Crippen molar-refractivity contribution >= 4 is 17.7 Å². The van der Waals surface area contributed by atoms with Crippen molar-refractivity contribution in [3.63, 3.8) is 0 Å². The zero-order valence-corrected chi connectivity index (χ0v) is 4.69. The Hall–Kier alpha value is -0.280. The van der Waals surface area contributed by atoms with E-state index in [1.807, 2.05) is 0 Å². The monoisotopic (exact) mass is 117 g/mol. The molecule has 0 aliphatic rings. The number of rotatable bonds is 2. The fraction of sp³-hybridized carbons (Fsp3) is 0.250. The Labute approximate surface area is 47.8 Å². The predicted molar refractivity (Wildman–Crippen MR) is 32.2 cm³/mol. The smallest absolute Gasteiger partial charge is 0.206 e. The predicted octanol–water partition coefficient (Wildman–Crippen LogP) is -0.0439. The minimum atomic E-state index is -0.608. The highest BCUT2D eigenvalue weighted by Crippen LogP contribution is 1.84. The summed E-state index contributed by atoms with van der Waals surface area (Å²) in [5.74, 6) is 0. The molecule has 1 atom stereocenters. The third-order valence-corrected chi connectivity index (χ3v) is 0.837. The maximum atomic E-state index is 10.0. The normalized spacial score (nSPS) is 12.9. The molecular formula is C4H7NOS. The fourth-order valence-electron chi connectivity index (χ4n) is 0.101. The molecule has 0 saturated heterocycles. The molecule has 0 amide bonds. The molecule has 0 aliphatic heterocycles. The van der Waals surface area contributed by atoms with Gasteiger partial charge in [-0.15, -0.1) is 19.2 Å². The molecule has 2 N–H and O–H groups in total. The Morgan fingerprint density at radius 3 is 2.43 bits per heavy atom. The van der Waals surface area contributed by atoms with Crippen LogP contribution in [0.2, 0.25) is 0 Å². The maximum absolute atomic E-state index is 10.0. The second kappa shape index (κ2) is 2.82. The van der Waals surface area contributed by atoms with E-state index in [2.05, 4.69) is 19.2 Å². The van der Waals surface area contributed by atoms with Crippen molar-refractivity contribution < 1.29 is 4.79 Å². The van der Waals surface area contributed by atoms with Crippen LogP contribution in [0, 0.1) is 0 Å². The molecule has 0 aromatic heterocycles. The van der Waals surface area contributed by atoms with E-state index >= 15 is 0 Å². The second-order valence-electron chi connectivity index (χ2n) is 1.10. The summed E-state index contributed by atoms with van der Waals surface area (Å²) in [5.41, 5.74) is 5.07. The van der Waals surface area contributed by atoms with Crippen LogP contribution in [-0.4, -0.2) is 11.2 Å². The molecule has 0 saturated carbocycles. The quantitative estimate of drug-likeness (QED) is 0.393. The molecule has 0 radical (unpaired) electrons. The lowest BCUT2D eigenvalue weighted by Crippen LogP contribution is -2.23. The average Bonchev–Trinajstić information content (AvgIpc) is 1.65. The first-order valence-electron chi connectivity index (χ1n) is 1.79. The maximum Gasteiger partial charge on any atom is 0.206 e. The van der Waals surface area contributed by atoms with Gasteiger partial charge in [0.2, 0.25) is 5.12 Å².